The molecule has 0 radical (unpaired) electrons. The summed E-state index contributed by atoms with van der Waals surface area (Å²) in [7, 11) is 2.07. The Hall–Kier alpha value is -4.03. The first-order chi connectivity index (χ1) is 14.3. The lowest BCUT2D eigenvalue weighted by Gasteiger charge is -2.09. The summed E-state index contributed by atoms with van der Waals surface area (Å²) < 4.78 is 4.52. The SMILES string of the molecule is Cn1c2cc(C#N)ccc2c2ccc(-n3c4ccccc4c4ccccc43)cc21. The average molecular weight is 371 g/mol. The summed E-state index contributed by atoms with van der Waals surface area (Å²) in [5, 5.41) is 14.2. The van der Waals surface area contributed by atoms with Crippen LogP contribution in [0.5, 0.6) is 0 Å². The van der Waals surface area contributed by atoms with Gasteiger partial charge in [0.05, 0.1) is 33.7 Å². The highest BCUT2D eigenvalue weighted by Gasteiger charge is 2.14. The minimum atomic E-state index is 0.686. The molecule has 2 aromatic heterocycles. The maximum atomic E-state index is 9.27. The molecule has 3 heteroatoms. The van der Waals surface area contributed by atoms with Crippen molar-refractivity contribution in [1.82, 2.24) is 9.13 Å². The van der Waals surface area contributed by atoms with Gasteiger partial charge in [-0.05, 0) is 36.4 Å². The van der Waals surface area contributed by atoms with Crippen LogP contribution in [0.2, 0.25) is 0 Å². The second-order valence-corrected chi connectivity index (χ2v) is 7.47. The molecular formula is C26H17N3. The van der Waals surface area contributed by atoms with Crippen molar-refractivity contribution in [2.24, 2.45) is 7.05 Å². The van der Waals surface area contributed by atoms with Crippen LogP contribution in [-0.4, -0.2) is 9.13 Å². The first-order valence-electron chi connectivity index (χ1n) is 9.67. The van der Waals surface area contributed by atoms with E-state index >= 15 is 0 Å². The zero-order chi connectivity index (χ0) is 19.5. The van der Waals surface area contributed by atoms with Gasteiger partial charge in [-0.25, -0.2) is 0 Å². The van der Waals surface area contributed by atoms with Gasteiger partial charge in [0.1, 0.15) is 0 Å². The largest absolute Gasteiger partial charge is 0.344 e. The summed E-state index contributed by atoms with van der Waals surface area (Å²) in [4.78, 5) is 0. The number of hydrogen-bond acceptors (Lipinski definition) is 1. The maximum absolute atomic E-state index is 9.27. The van der Waals surface area contributed by atoms with Crippen LogP contribution < -0.4 is 0 Å². The first kappa shape index (κ1) is 16.0. The van der Waals surface area contributed by atoms with E-state index in [0.29, 0.717) is 5.56 Å². The van der Waals surface area contributed by atoms with E-state index in [1.165, 1.54) is 32.6 Å². The monoisotopic (exact) mass is 371 g/mol. The normalized spacial score (nSPS) is 11.6. The van der Waals surface area contributed by atoms with Crippen LogP contribution >= 0.6 is 0 Å². The van der Waals surface area contributed by atoms with E-state index in [-0.39, 0.29) is 0 Å². The Morgan fingerprint density at radius 2 is 1.17 bits per heavy atom. The van der Waals surface area contributed by atoms with Gasteiger partial charge in [-0.2, -0.15) is 5.26 Å². The molecule has 0 aliphatic heterocycles. The smallest absolute Gasteiger partial charge is 0.0992 e. The topological polar surface area (TPSA) is 33.6 Å². The van der Waals surface area contributed by atoms with Crippen molar-refractivity contribution in [2.45, 2.75) is 0 Å². The highest BCUT2D eigenvalue weighted by molar-refractivity contribution is 6.11. The van der Waals surface area contributed by atoms with Crippen LogP contribution in [0.15, 0.2) is 84.9 Å². The first-order valence-corrected chi connectivity index (χ1v) is 9.67. The molecule has 0 fully saturated rings. The standard InChI is InChI=1S/C26H17N3/c1-28-25-14-17(16-27)10-12-21(25)22-13-11-18(15-26(22)28)29-23-8-4-2-6-19(23)20-7-3-5-9-24(20)29/h2-15H,1H3. The highest BCUT2D eigenvalue weighted by Crippen LogP contribution is 2.35. The summed E-state index contributed by atoms with van der Waals surface area (Å²) in [6.07, 6.45) is 0. The number of aromatic nitrogens is 2. The van der Waals surface area contributed by atoms with E-state index in [1.807, 2.05) is 12.1 Å². The fourth-order valence-electron chi connectivity index (χ4n) is 4.60. The van der Waals surface area contributed by atoms with Crippen molar-refractivity contribution in [3.63, 3.8) is 0 Å². The maximum Gasteiger partial charge on any atom is 0.0992 e. The molecule has 2 heterocycles. The molecular weight excluding hydrogens is 354 g/mol. The number of rotatable bonds is 1. The minimum Gasteiger partial charge on any atom is -0.344 e. The van der Waals surface area contributed by atoms with Gasteiger partial charge in [0, 0.05) is 34.3 Å². The van der Waals surface area contributed by atoms with Crippen LogP contribution in [0.1, 0.15) is 5.56 Å². The molecule has 0 aliphatic carbocycles. The molecule has 0 saturated carbocycles. The molecule has 0 bridgehead atoms. The summed E-state index contributed by atoms with van der Waals surface area (Å²) in [5.41, 5.74) is 6.48. The van der Waals surface area contributed by atoms with Crippen molar-refractivity contribution in [3.8, 4) is 11.8 Å². The van der Waals surface area contributed by atoms with E-state index in [2.05, 4.69) is 95.0 Å². The summed E-state index contributed by atoms with van der Waals surface area (Å²) >= 11 is 0. The van der Waals surface area contributed by atoms with E-state index in [4.69, 9.17) is 0 Å². The molecule has 6 aromatic rings. The molecule has 0 saturated heterocycles. The zero-order valence-electron chi connectivity index (χ0n) is 15.9. The van der Waals surface area contributed by atoms with Crippen molar-refractivity contribution in [2.75, 3.05) is 0 Å². The highest BCUT2D eigenvalue weighted by atomic mass is 15.0. The molecule has 136 valence electrons. The zero-order valence-corrected chi connectivity index (χ0v) is 15.9. The number of fused-ring (bicyclic) bond motifs is 6. The lowest BCUT2D eigenvalue weighted by Crippen LogP contribution is -1.94. The number of nitrogens with zero attached hydrogens (tertiary/aromatic N) is 3. The van der Waals surface area contributed by atoms with E-state index in [9.17, 15) is 5.26 Å². The molecule has 6 rings (SSSR count). The number of aryl methyl sites for hydroxylation is 1. The lowest BCUT2D eigenvalue weighted by atomic mass is 10.1. The van der Waals surface area contributed by atoms with E-state index in [0.717, 1.165) is 16.7 Å². The van der Waals surface area contributed by atoms with Crippen LogP contribution in [0, 0.1) is 11.3 Å². The second kappa shape index (κ2) is 5.73. The molecule has 4 aromatic carbocycles. The molecule has 0 N–H and O–H groups in total. The molecule has 0 atom stereocenters. The predicted molar refractivity (Wildman–Crippen MR) is 119 cm³/mol. The lowest BCUT2D eigenvalue weighted by molar-refractivity contribution is 1.01. The quantitative estimate of drug-likeness (QED) is 0.334. The van der Waals surface area contributed by atoms with Crippen molar-refractivity contribution in [3.05, 3.63) is 90.5 Å². The molecule has 0 spiro atoms. The Morgan fingerprint density at radius 1 is 0.621 bits per heavy atom. The number of nitriles is 1. The predicted octanol–water partition coefficient (Wildman–Crippen LogP) is 6.30. The Kier molecular flexibility index (Phi) is 3.16. The van der Waals surface area contributed by atoms with Crippen LogP contribution in [0.4, 0.5) is 0 Å². The van der Waals surface area contributed by atoms with Crippen molar-refractivity contribution in [1.29, 1.82) is 5.26 Å². The minimum absolute atomic E-state index is 0.686. The van der Waals surface area contributed by atoms with Gasteiger partial charge in [-0.1, -0.05) is 48.5 Å². The molecule has 29 heavy (non-hydrogen) atoms. The fraction of sp³-hybridized carbons (Fsp3) is 0.0385. The number of para-hydroxylation sites is 2. The van der Waals surface area contributed by atoms with Crippen LogP contribution in [0.3, 0.4) is 0 Å². The fourth-order valence-corrected chi connectivity index (χ4v) is 4.60. The third kappa shape index (κ3) is 2.11. The molecule has 0 aliphatic rings. The van der Waals surface area contributed by atoms with Gasteiger partial charge < -0.3 is 9.13 Å². The van der Waals surface area contributed by atoms with Gasteiger partial charge in [0.15, 0.2) is 0 Å². The molecule has 3 nitrogen and oxygen atoms in total. The second-order valence-electron chi connectivity index (χ2n) is 7.47. The Bertz CT molecular complexity index is 1570. The van der Waals surface area contributed by atoms with Gasteiger partial charge in [0.2, 0.25) is 0 Å². The summed E-state index contributed by atoms with van der Waals surface area (Å²) in [5.74, 6) is 0. The Morgan fingerprint density at radius 3 is 1.83 bits per heavy atom. The van der Waals surface area contributed by atoms with Crippen LogP contribution in [0.25, 0.3) is 49.3 Å². The summed E-state index contributed by atoms with van der Waals surface area (Å²) in [6, 6.07) is 31.9. The van der Waals surface area contributed by atoms with Gasteiger partial charge in [-0.15, -0.1) is 0 Å². The van der Waals surface area contributed by atoms with Crippen molar-refractivity contribution < 1.29 is 0 Å². The van der Waals surface area contributed by atoms with Gasteiger partial charge in [0.25, 0.3) is 0 Å². The average Bonchev–Trinajstić information content (AvgIpc) is 3.26. The number of hydrogen-bond donors (Lipinski definition) is 0. The Labute approximate surface area is 167 Å². The third-order valence-corrected chi connectivity index (χ3v) is 5.96. The Balaban J connectivity index is 1.71. The van der Waals surface area contributed by atoms with Gasteiger partial charge >= 0.3 is 0 Å². The molecule has 0 unspecified atom stereocenters. The third-order valence-electron chi connectivity index (χ3n) is 5.96. The van der Waals surface area contributed by atoms with E-state index < -0.39 is 0 Å². The molecule has 0 amide bonds. The van der Waals surface area contributed by atoms with Gasteiger partial charge in [-0.3, -0.25) is 0 Å². The van der Waals surface area contributed by atoms with E-state index in [1.54, 1.807) is 0 Å². The van der Waals surface area contributed by atoms with Crippen LogP contribution in [-0.2, 0) is 7.05 Å². The summed E-state index contributed by atoms with van der Waals surface area (Å²) in [6.45, 7) is 0. The van der Waals surface area contributed by atoms with Crippen molar-refractivity contribution >= 4 is 43.6 Å². The number of benzene rings is 4.